The molecule has 2 heterocycles. The Morgan fingerprint density at radius 3 is 3.07 bits per heavy atom. The van der Waals surface area contributed by atoms with Gasteiger partial charge in [0.05, 0.1) is 11.7 Å². The molecule has 78 valence electrons. The highest BCUT2D eigenvalue weighted by Gasteiger charge is 2.14. The Labute approximate surface area is 86.2 Å². The van der Waals surface area contributed by atoms with Crippen LogP contribution in [0.3, 0.4) is 0 Å². The maximum atomic E-state index is 10.7. The number of carbonyl (C=O) groups is 1. The lowest BCUT2D eigenvalue weighted by molar-refractivity contribution is -0.138. The average molecular weight is 205 g/mol. The van der Waals surface area contributed by atoms with Gasteiger partial charge in [0.2, 0.25) is 0 Å². The molecular formula is C10H11N3O2. The maximum Gasteiger partial charge on any atom is 0.325 e. The van der Waals surface area contributed by atoms with Gasteiger partial charge in [-0.25, -0.2) is 4.98 Å². The summed E-state index contributed by atoms with van der Waals surface area (Å²) >= 11 is 0. The minimum absolute atomic E-state index is 0.579. The van der Waals surface area contributed by atoms with Crippen LogP contribution in [0.15, 0.2) is 24.5 Å². The summed E-state index contributed by atoms with van der Waals surface area (Å²) in [5.41, 5.74) is 6.93. The molecule has 3 N–H and O–H groups in total. The molecule has 0 aliphatic rings. The van der Waals surface area contributed by atoms with Gasteiger partial charge in [-0.05, 0) is 24.6 Å². The second-order valence-corrected chi connectivity index (χ2v) is 3.38. The zero-order chi connectivity index (χ0) is 11.0. The van der Waals surface area contributed by atoms with Crippen molar-refractivity contribution in [3.63, 3.8) is 0 Å². The van der Waals surface area contributed by atoms with Gasteiger partial charge in [0.1, 0.15) is 11.9 Å². The zero-order valence-corrected chi connectivity index (χ0v) is 8.21. The number of imidazole rings is 1. The summed E-state index contributed by atoms with van der Waals surface area (Å²) in [6.45, 7) is 1.88. The van der Waals surface area contributed by atoms with Crippen molar-refractivity contribution in [3.8, 4) is 0 Å². The predicted molar refractivity (Wildman–Crippen MR) is 54.5 cm³/mol. The zero-order valence-electron chi connectivity index (χ0n) is 8.21. The molecule has 0 saturated carbocycles. The molecular weight excluding hydrogens is 194 g/mol. The van der Waals surface area contributed by atoms with Crippen molar-refractivity contribution in [2.45, 2.75) is 13.0 Å². The Kier molecular flexibility index (Phi) is 2.17. The molecule has 0 aromatic carbocycles. The molecule has 5 nitrogen and oxygen atoms in total. The van der Waals surface area contributed by atoms with Gasteiger partial charge in [0, 0.05) is 6.20 Å². The predicted octanol–water partition coefficient (Wildman–Crippen LogP) is 0.727. The highest BCUT2D eigenvalue weighted by molar-refractivity contribution is 5.75. The molecule has 0 amide bonds. The van der Waals surface area contributed by atoms with Crippen LogP contribution in [0.2, 0.25) is 0 Å². The summed E-state index contributed by atoms with van der Waals surface area (Å²) in [7, 11) is 0. The van der Waals surface area contributed by atoms with Crippen molar-refractivity contribution in [2.24, 2.45) is 5.73 Å². The fraction of sp³-hybridized carbons (Fsp3) is 0.200. The van der Waals surface area contributed by atoms with Crippen LogP contribution >= 0.6 is 0 Å². The smallest absolute Gasteiger partial charge is 0.325 e. The summed E-state index contributed by atoms with van der Waals surface area (Å²) in [5, 5.41) is 8.77. The minimum atomic E-state index is -1.03. The van der Waals surface area contributed by atoms with E-state index in [-0.39, 0.29) is 0 Å². The maximum absolute atomic E-state index is 10.7. The highest BCUT2D eigenvalue weighted by atomic mass is 16.4. The average Bonchev–Trinajstić information content (AvgIpc) is 2.59. The van der Waals surface area contributed by atoms with Crippen molar-refractivity contribution in [2.75, 3.05) is 0 Å². The van der Waals surface area contributed by atoms with E-state index in [1.54, 1.807) is 24.5 Å². The van der Waals surface area contributed by atoms with Gasteiger partial charge in [-0.2, -0.15) is 0 Å². The lowest BCUT2D eigenvalue weighted by Gasteiger charge is -2.07. The van der Waals surface area contributed by atoms with Gasteiger partial charge < -0.3 is 15.2 Å². The van der Waals surface area contributed by atoms with Gasteiger partial charge in [-0.1, -0.05) is 0 Å². The lowest BCUT2D eigenvalue weighted by Crippen LogP contribution is -2.20. The van der Waals surface area contributed by atoms with E-state index in [4.69, 9.17) is 10.8 Å². The number of carboxylic acids is 1. The number of pyridine rings is 1. The van der Waals surface area contributed by atoms with E-state index in [1.807, 2.05) is 11.3 Å². The van der Waals surface area contributed by atoms with Crippen LogP contribution in [0.4, 0.5) is 0 Å². The Balaban J connectivity index is 2.52. The number of nitrogens with two attached hydrogens (primary N) is 1. The van der Waals surface area contributed by atoms with E-state index < -0.39 is 12.0 Å². The van der Waals surface area contributed by atoms with E-state index in [9.17, 15) is 4.79 Å². The molecule has 2 rings (SSSR count). The molecule has 0 spiro atoms. The van der Waals surface area contributed by atoms with E-state index in [2.05, 4.69) is 4.98 Å². The van der Waals surface area contributed by atoms with Crippen molar-refractivity contribution < 1.29 is 9.90 Å². The molecule has 0 aliphatic heterocycles. The van der Waals surface area contributed by atoms with Gasteiger partial charge in [-0.3, -0.25) is 4.79 Å². The van der Waals surface area contributed by atoms with Crippen LogP contribution in [0.5, 0.6) is 0 Å². The minimum Gasteiger partial charge on any atom is -0.480 e. The number of aromatic nitrogens is 2. The van der Waals surface area contributed by atoms with E-state index in [0.29, 0.717) is 5.56 Å². The van der Waals surface area contributed by atoms with Gasteiger partial charge in [0.25, 0.3) is 0 Å². The number of rotatable bonds is 2. The number of fused-ring (bicyclic) bond motifs is 1. The molecule has 0 radical (unpaired) electrons. The molecule has 0 bridgehead atoms. The fourth-order valence-electron chi connectivity index (χ4n) is 1.49. The molecule has 2 aromatic rings. The topological polar surface area (TPSA) is 80.6 Å². The Morgan fingerprint density at radius 2 is 2.40 bits per heavy atom. The Morgan fingerprint density at radius 1 is 1.67 bits per heavy atom. The number of hydrogen-bond donors (Lipinski definition) is 2. The van der Waals surface area contributed by atoms with E-state index >= 15 is 0 Å². The van der Waals surface area contributed by atoms with E-state index in [1.165, 1.54) is 0 Å². The van der Waals surface area contributed by atoms with E-state index in [0.717, 1.165) is 11.3 Å². The van der Waals surface area contributed by atoms with Crippen molar-refractivity contribution in [3.05, 3.63) is 35.9 Å². The largest absolute Gasteiger partial charge is 0.480 e. The number of aliphatic carboxylic acids is 1. The quantitative estimate of drug-likeness (QED) is 0.757. The third-order valence-corrected chi connectivity index (χ3v) is 2.37. The third kappa shape index (κ3) is 1.57. The number of carboxylic acid groups (broad SMARTS) is 1. The Hall–Kier alpha value is -1.88. The third-order valence-electron chi connectivity index (χ3n) is 2.37. The Bertz CT molecular complexity index is 518. The second kappa shape index (κ2) is 3.36. The van der Waals surface area contributed by atoms with Crippen LogP contribution in [0.1, 0.15) is 17.4 Å². The van der Waals surface area contributed by atoms with Crippen LogP contribution in [0.25, 0.3) is 5.52 Å². The second-order valence-electron chi connectivity index (χ2n) is 3.38. The first-order valence-electron chi connectivity index (χ1n) is 4.51. The van der Waals surface area contributed by atoms with Gasteiger partial charge >= 0.3 is 5.97 Å². The molecule has 5 heteroatoms. The summed E-state index contributed by atoms with van der Waals surface area (Å²) < 4.78 is 1.87. The first kappa shape index (κ1) is 9.67. The lowest BCUT2D eigenvalue weighted by atomic mass is 10.1. The fourth-order valence-corrected chi connectivity index (χ4v) is 1.49. The summed E-state index contributed by atoms with van der Waals surface area (Å²) in [6, 6.07) is 2.45. The molecule has 0 fully saturated rings. The standard InChI is InChI=1S/C10H11N3O2/c1-6-12-5-8-4-7(2-3-13(6)8)9(11)10(14)15/h2-5,9H,11H2,1H3,(H,14,15). The monoisotopic (exact) mass is 205 g/mol. The number of aryl methyl sites for hydroxylation is 1. The van der Waals surface area contributed by atoms with Crippen molar-refractivity contribution >= 4 is 11.5 Å². The first-order chi connectivity index (χ1) is 7.09. The molecule has 0 aliphatic carbocycles. The molecule has 2 aromatic heterocycles. The normalized spacial score (nSPS) is 12.9. The summed E-state index contributed by atoms with van der Waals surface area (Å²) in [5.74, 6) is -0.170. The number of nitrogens with zero attached hydrogens (tertiary/aromatic N) is 2. The molecule has 1 atom stereocenters. The van der Waals surface area contributed by atoms with Gasteiger partial charge in [-0.15, -0.1) is 0 Å². The highest BCUT2D eigenvalue weighted by Crippen LogP contribution is 2.14. The molecule has 1 unspecified atom stereocenters. The van der Waals surface area contributed by atoms with Crippen molar-refractivity contribution in [1.82, 2.24) is 9.38 Å². The van der Waals surface area contributed by atoms with Gasteiger partial charge in [0.15, 0.2) is 0 Å². The molecule has 0 saturated heterocycles. The number of hydrogen-bond acceptors (Lipinski definition) is 3. The first-order valence-corrected chi connectivity index (χ1v) is 4.51. The SMILES string of the molecule is Cc1ncc2cc(C(N)C(=O)O)ccn12. The van der Waals surface area contributed by atoms with Crippen molar-refractivity contribution in [1.29, 1.82) is 0 Å². The van der Waals surface area contributed by atoms with Crippen LogP contribution in [0, 0.1) is 6.92 Å². The van der Waals surface area contributed by atoms with Crippen LogP contribution < -0.4 is 5.73 Å². The molecule has 15 heavy (non-hydrogen) atoms. The van der Waals surface area contributed by atoms with Crippen LogP contribution in [-0.2, 0) is 4.79 Å². The summed E-state index contributed by atoms with van der Waals surface area (Å²) in [4.78, 5) is 14.8. The summed E-state index contributed by atoms with van der Waals surface area (Å²) in [6.07, 6.45) is 3.46. The van der Waals surface area contributed by atoms with Crippen LogP contribution in [-0.4, -0.2) is 20.5 Å².